The van der Waals surface area contributed by atoms with E-state index in [0.717, 1.165) is 18.8 Å². The summed E-state index contributed by atoms with van der Waals surface area (Å²) in [6.45, 7) is 4.22. The van der Waals surface area contributed by atoms with Crippen LogP contribution in [0.25, 0.3) is 0 Å². The highest BCUT2D eigenvalue weighted by Crippen LogP contribution is 2.26. The fourth-order valence-corrected chi connectivity index (χ4v) is 2.79. The molecule has 2 aliphatic rings. The lowest BCUT2D eigenvalue weighted by Crippen LogP contribution is -2.48. The smallest absolute Gasteiger partial charge is 0.237 e. The Bertz CT molecular complexity index is 257. The van der Waals surface area contributed by atoms with Crippen LogP contribution in [0, 0.1) is 5.92 Å². The summed E-state index contributed by atoms with van der Waals surface area (Å²) in [6.07, 6.45) is 9.09. The highest BCUT2D eigenvalue weighted by Gasteiger charge is 2.27. The molecule has 0 aromatic heterocycles. The summed E-state index contributed by atoms with van der Waals surface area (Å²) >= 11 is 0. The summed E-state index contributed by atoms with van der Waals surface area (Å²) < 4.78 is 0. The third-order valence-corrected chi connectivity index (χ3v) is 4.19. The van der Waals surface area contributed by atoms with Crippen molar-refractivity contribution in [2.24, 2.45) is 5.92 Å². The second-order valence-corrected chi connectivity index (χ2v) is 5.86. The Kier molecular flexibility index (Phi) is 4.43. The van der Waals surface area contributed by atoms with Crippen molar-refractivity contribution in [2.45, 2.75) is 76.9 Å². The Morgan fingerprint density at radius 1 is 1.06 bits per heavy atom. The molecule has 2 atom stereocenters. The predicted molar refractivity (Wildman–Crippen MR) is 69.8 cm³/mol. The molecule has 2 aliphatic carbocycles. The molecule has 0 spiro atoms. The molecule has 2 saturated carbocycles. The molecule has 2 rings (SSSR count). The van der Waals surface area contributed by atoms with E-state index in [4.69, 9.17) is 0 Å². The molecule has 0 aromatic rings. The van der Waals surface area contributed by atoms with Gasteiger partial charge in [-0.25, -0.2) is 0 Å². The fraction of sp³-hybridized carbons (Fsp3) is 0.929. The molecular weight excluding hydrogens is 212 g/mol. The van der Waals surface area contributed by atoms with Crippen LogP contribution >= 0.6 is 0 Å². The maximum absolute atomic E-state index is 11.8. The van der Waals surface area contributed by atoms with Gasteiger partial charge in [-0.3, -0.25) is 4.79 Å². The third-order valence-electron chi connectivity index (χ3n) is 4.19. The number of carbonyl (C=O) groups is 1. The van der Waals surface area contributed by atoms with E-state index in [1.165, 1.54) is 32.1 Å². The SMILES string of the molecule is CC(NC(C)C1CCCCC1)C(=O)NC1CC1. The zero-order valence-electron chi connectivity index (χ0n) is 11.2. The average molecular weight is 238 g/mol. The van der Waals surface area contributed by atoms with E-state index in [1.807, 2.05) is 6.92 Å². The van der Waals surface area contributed by atoms with Gasteiger partial charge in [0.2, 0.25) is 5.91 Å². The number of amides is 1. The van der Waals surface area contributed by atoms with Crippen LogP contribution in [0.1, 0.15) is 58.8 Å². The van der Waals surface area contributed by atoms with Crippen LogP contribution in [0.15, 0.2) is 0 Å². The third kappa shape index (κ3) is 3.98. The zero-order chi connectivity index (χ0) is 12.3. The van der Waals surface area contributed by atoms with E-state index in [0.29, 0.717) is 12.1 Å². The van der Waals surface area contributed by atoms with Crippen LogP contribution in [0.5, 0.6) is 0 Å². The Labute approximate surface area is 105 Å². The van der Waals surface area contributed by atoms with Gasteiger partial charge in [-0.1, -0.05) is 19.3 Å². The number of hydrogen-bond acceptors (Lipinski definition) is 2. The first kappa shape index (κ1) is 12.9. The molecule has 0 bridgehead atoms. The first-order chi connectivity index (χ1) is 8.16. The fourth-order valence-electron chi connectivity index (χ4n) is 2.79. The lowest BCUT2D eigenvalue weighted by Gasteiger charge is -2.30. The number of nitrogens with one attached hydrogen (secondary N) is 2. The highest BCUT2D eigenvalue weighted by molar-refractivity contribution is 5.81. The lowest BCUT2D eigenvalue weighted by atomic mass is 9.84. The molecule has 0 saturated heterocycles. The maximum atomic E-state index is 11.8. The Morgan fingerprint density at radius 3 is 2.29 bits per heavy atom. The standard InChI is InChI=1S/C14H26N2O/c1-10(12-6-4-3-5-7-12)15-11(2)14(17)16-13-8-9-13/h10-13,15H,3-9H2,1-2H3,(H,16,17). The molecule has 2 N–H and O–H groups in total. The summed E-state index contributed by atoms with van der Waals surface area (Å²) in [4.78, 5) is 11.8. The second-order valence-electron chi connectivity index (χ2n) is 5.86. The zero-order valence-corrected chi connectivity index (χ0v) is 11.2. The molecule has 2 fully saturated rings. The quantitative estimate of drug-likeness (QED) is 0.771. The van der Waals surface area contributed by atoms with E-state index in [-0.39, 0.29) is 11.9 Å². The molecule has 0 heterocycles. The maximum Gasteiger partial charge on any atom is 0.237 e. The van der Waals surface area contributed by atoms with Crippen LogP contribution in [-0.4, -0.2) is 24.0 Å². The van der Waals surface area contributed by atoms with Gasteiger partial charge in [-0.15, -0.1) is 0 Å². The molecule has 0 aromatic carbocycles. The number of hydrogen-bond donors (Lipinski definition) is 2. The van der Waals surface area contributed by atoms with Crippen molar-refractivity contribution in [3.63, 3.8) is 0 Å². The summed E-state index contributed by atoms with van der Waals surface area (Å²) in [7, 11) is 0. The lowest BCUT2D eigenvalue weighted by molar-refractivity contribution is -0.123. The predicted octanol–water partition coefficient (Wildman–Crippen LogP) is 2.21. The van der Waals surface area contributed by atoms with E-state index in [9.17, 15) is 4.79 Å². The van der Waals surface area contributed by atoms with Gasteiger partial charge in [0, 0.05) is 12.1 Å². The summed E-state index contributed by atoms with van der Waals surface area (Å²) in [5.74, 6) is 0.940. The van der Waals surface area contributed by atoms with E-state index < -0.39 is 0 Å². The first-order valence-corrected chi connectivity index (χ1v) is 7.23. The molecule has 0 radical (unpaired) electrons. The van der Waals surface area contributed by atoms with Gasteiger partial charge in [-0.05, 0) is 45.4 Å². The Morgan fingerprint density at radius 2 is 1.71 bits per heavy atom. The second kappa shape index (κ2) is 5.85. The van der Waals surface area contributed by atoms with Crippen molar-refractivity contribution in [3.8, 4) is 0 Å². The van der Waals surface area contributed by atoms with E-state index in [1.54, 1.807) is 0 Å². The molecule has 0 aliphatic heterocycles. The van der Waals surface area contributed by atoms with Gasteiger partial charge in [0.05, 0.1) is 6.04 Å². The van der Waals surface area contributed by atoms with Crippen LogP contribution in [0.3, 0.4) is 0 Å². The van der Waals surface area contributed by atoms with Crippen LogP contribution in [0.4, 0.5) is 0 Å². The molecule has 2 unspecified atom stereocenters. The van der Waals surface area contributed by atoms with Crippen molar-refractivity contribution in [1.29, 1.82) is 0 Å². The monoisotopic (exact) mass is 238 g/mol. The average Bonchev–Trinajstić information content (AvgIpc) is 3.14. The summed E-state index contributed by atoms with van der Waals surface area (Å²) in [5, 5.41) is 6.53. The molecule has 3 heteroatoms. The largest absolute Gasteiger partial charge is 0.352 e. The van der Waals surface area contributed by atoms with Crippen molar-refractivity contribution < 1.29 is 4.79 Å². The van der Waals surface area contributed by atoms with Gasteiger partial charge in [0.1, 0.15) is 0 Å². The minimum Gasteiger partial charge on any atom is -0.352 e. The van der Waals surface area contributed by atoms with Crippen LogP contribution < -0.4 is 10.6 Å². The summed E-state index contributed by atoms with van der Waals surface area (Å²) in [5.41, 5.74) is 0. The topological polar surface area (TPSA) is 41.1 Å². The van der Waals surface area contributed by atoms with Gasteiger partial charge in [0.25, 0.3) is 0 Å². The van der Waals surface area contributed by atoms with Gasteiger partial charge in [0.15, 0.2) is 0 Å². The molecule has 98 valence electrons. The Hall–Kier alpha value is -0.570. The van der Waals surface area contributed by atoms with Gasteiger partial charge in [-0.2, -0.15) is 0 Å². The molecule has 1 amide bonds. The molecule has 3 nitrogen and oxygen atoms in total. The normalized spacial score (nSPS) is 25.3. The van der Waals surface area contributed by atoms with Crippen molar-refractivity contribution >= 4 is 5.91 Å². The number of rotatable bonds is 5. The van der Waals surface area contributed by atoms with Crippen molar-refractivity contribution in [2.75, 3.05) is 0 Å². The van der Waals surface area contributed by atoms with Crippen molar-refractivity contribution in [3.05, 3.63) is 0 Å². The minimum absolute atomic E-state index is 0.0486. The van der Waals surface area contributed by atoms with Gasteiger partial charge < -0.3 is 10.6 Å². The van der Waals surface area contributed by atoms with E-state index in [2.05, 4.69) is 17.6 Å². The number of carbonyl (C=O) groups excluding carboxylic acids is 1. The minimum atomic E-state index is -0.0486. The van der Waals surface area contributed by atoms with E-state index >= 15 is 0 Å². The Balaban J connectivity index is 1.71. The van der Waals surface area contributed by atoms with Crippen molar-refractivity contribution in [1.82, 2.24) is 10.6 Å². The van der Waals surface area contributed by atoms with Crippen LogP contribution in [-0.2, 0) is 4.79 Å². The summed E-state index contributed by atoms with van der Waals surface area (Å²) in [6, 6.07) is 0.888. The molecule has 17 heavy (non-hydrogen) atoms. The first-order valence-electron chi connectivity index (χ1n) is 7.23. The highest BCUT2D eigenvalue weighted by atomic mass is 16.2. The van der Waals surface area contributed by atoms with Crippen LogP contribution in [0.2, 0.25) is 0 Å². The van der Waals surface area contributed by atoms with Gasteiger partial charge >= 0.3 is 0 Å². The molecular formula is C14H26N2O.